The molecule has 2 aromatic heterocycles. The zero-order valence-electron chi connectivity index (χ0n) is 11.3. The van der Waals surface area contributed by atoms with E-state index in [1.54, 1.807) is 24.3 Å². The number of nitrogens with zero attached hydrogens (tertiary/aromatic N) is 1. The predicted octanol–water partition coefficient (Wildman–Crippen LogP) is 2.46. The first-order valence-electron chi connectivity index (χ1n) is 6.12. The van der Waals surface area contributed by atoms with Gasteiger partial charge in [-0.05, 0) is 18.4 Å². The molecule has 0 atom stereocenters. The molecule has 0 radical (unpaired) electrons. The van der Waals surface area contributed by atoms with E-state index < -0.39 is 11.9 Å². The minimum atomic E-state index is -0.445. The van der Waals surface area contributed by atoms with Crippen molar-refractivity contribution in [1.29, 1.82) is 0 Å². The van der Waals surface area contributed by atoms with Crippen LogP contribution in [0.25, 0.3) is 0 Å². The van der Waals surface area contributed by atoms with E-state index in [1.807, 2.05) is 17.5 Å². The summed E-state index contributed by atoms with van der Waals surface area (Å²) >= 11 is 3.10. The van der Waals surface area contributed by atoms with Crippen molar-refractivity contribution in [2.24, 2.45) is 0 Å². The van der Waals surface area contributed by atoms with Crippen molar-refractivity contribution in [3.05, 3.63) is 34.2 Å². The number of carbonyl (C=O) groups is 2. The molecule has 0 aliphatic carbocycles. The molecule has 0 bridgehead atoms. The molecule has 21 heavy (non-hydrogen) atoms. The molecule has 0 saturated carbocycles. The van der Waals surface area contributed by atoms with Crippen LogP contribution in [0, 0.1) is 6.92 Å². The molecule has 2 rings (SSSR count). The number of anilines is 1. The van der Waals surface area contributed by atoms with Crippen molar-refractivity contribution in [3.63, 3.8) is 0 Å². The maximum absolute atomic E-state index is 11.5. The van der Waals surface area contributed by atoms with Crippen LogP contribution < -0.4 is 5.32 Å². The van der Waals surface area contributed by atoms with E-state index in [4.69, 9.17) is 9.26 Å². The maximum atomic E-state index is 11.5. The van der Waals surface area contributed by atoms with Crippen LogP contribution in [-0.4, -0.2) is 29.4 Å². The van der Waals surface area contributed by atoms with Crippen LogP contribution in [-0.2, 0) is 20.1 Å². The molecule has 0 spiro atoms. The number of aryl methyl sites for hydroxylation is 1. The van der Waals surface area contributed by atoms with Gasteiger partial charge in [-0.15, -0.1) is 23.1 Å². The molecule has 112 valence electrons. The monoisotopic (exact) mass is 326 g/mol. The van der Waals surface area contributed by atoms with Crippen LogP contribution in [0.5, 0.6) is 0 Å². The molecule has 0 aliphatic rings. The van der Waals surface area contributed by atoms with Gasteiger partial charge in [-0.2, -0.15) is 0 Å². The Hall–Kier alpha value is -1.80. The summed E-state index contributed by atoms with van der Waals surface area (Å²) in [5.41, 5.74) is 0. The van der Waals surface area contributed by atoms with E-state index in [2.05, 4.69) is 10.5 Å². The number of nitrogens with one attached hydrogen (secondary N) is 1. The van der Waals surface area contributed by atoms with Crippen LogP contribution in [0.1, 0.15) is 10.6 Å². The van der Waals surface area contributed by atoms with E-state index in [-0.39, 0.29) is 12.4 Å². The summed E-state index contributed by atoms with van der Waals surface area (Å²) < 4.78 is 9.68. The fourth-order valence-corrected chi connectivity index (χ4v) is 3.08. The lowest BCUT2D eigenvalue weighted by Crippen LogP contribution is -2.21. The molecule has 2 heterocycles. The summed E-state index contributed by atoms with van der Waals surface area (Å²) in [6.07, 6.45) is 0. The molecule has 0 fully saturated rings. The number of hydrogen-bond acceptors (Lipinski definition) is 7. The van der Waals surface area contributed by atoms with E-state index in [0.717, 1.165) is 5.75 Å². The average Bonchev–Trinajstić information content (AvgIpc) is 3.08. The van der Waals surface area contributed by atoms with Gasteiger partial charge < -0.3 is 14.6 Å². The summed E-state index contributed by atoms with van der Waals surface area (Å²) in [5.74, 6) is 1.02. The van der Waals surface area contributed by atoms with Crippen LogP contribution in [0.2, 0.25) is 0 Å². The molecule has 6 nitrogen and oxygen atoms in total. The second-order valence-corrected chi connectivity index (χ2v) is 6.12. The first-order chi connectivity index (χ1) is 10.1. The minimum Gasteiger partial charge on any atom is -0.455 e. The fourth-order valence-electron chi connectivity index (χ4n) is 1.42. The Bertz CT molecular complexity index is 595. The first kappa shape index (κ1) is 15.6. The normalized spacial score (nSPS) is 10.3. The van der Waals surface area contributed by atoms with Gasteiger partial charge >= 0.3 is 5.97 Å². The number of amides is 1. The van der Waals surface area contributed by atoms with Crippen molar-refractivity contribution in [2.75, 3.05) is 17.7 Å². The summed E-state index contributed by atoms with van der Waals surface area (Å²) in [6, 6.07) is 5.56. The van der Waals surface area contributed by atoms with E-state index >= 15 is 0 Å². The lowest BCUT2D eigenvalue weighted by molar-refractivity contribution is -0.144. The Morgan fingerprint density at radius 2 is 2.38 bits per heavy atom. The Balaban J connectivity index is 1.60. The number of thioether (sulfide) groups is 1. The molecule has 1 amide bonds. The molecule has 1 N–H and O–H groups in total. The van der Waals surface area contributed by atoms with E-state index in [0.29, 0.717) is 11.6 Å². The summed E-state index contributed by atoms with van der Waals surface area (Å²) in [7, 11) is 0. The fraction of sp³-hybridized carbons (Fsp3) is 0.308. The number of hydrogen-bond donors (Lipinski definition) is 1. The molecule has 0 unspecified atom stereocenters. The third-order valence-corrected chi connectivity index (χ3v) is 4.32. The Morgan fingerprint density at radius 1 is 1.52 bits per heavy atom. The number of carbonyl (C=O) groups excluding carboxylic acids is 2. The Kier molecular flexibility index (Phi) is 5.82. The Labute approximate surface area is 129 Å². The molecule has 0 aromatic carbocycles. The maximum Gasteiger partial charge on any atom is 0.316 e. The van der Waals surface area contributed by atoms with Gasteiger partial charge in [0.25, 0.3) is 5.91 Å². The van der Waals surface area contributed by atoms with Gasteiger partial charge in [0.1, 0.15) is 5.76 Å². The number of esters is 1. The second-order valence-electron chi connectivity index (χ2n) is 4.10. The second kappa shape index (κ2) is 7.84. The van der Waals surface area contributed by atoms with Gasteiger partial charge in [0.15, 0.2) is 12.4 Å². The minimum absolute atomic E-state index is 0.217. The number of thiophene rings is 1. The molecule has 0 aliphatic heterocycles. The Morgan fingerprint density at radius 3 is 3.05 bits per heavy atom. The van der Waals surface area contributed by atoms with Gasteiger partial charge in [-0.25, -0.2) is 0 Å². The quantitative estimate of drug-likeness (QED) is 0.787. The standard InChI is InChI=1S/C13H14N2O4S2/c1-9-5-11(15-19-9)14-12(16)6-18-13(17)8-20-7-10-3-2-4-21-10/h2-5H,6-8H2,1H3,(H,14,15,16). The summed E-state index contributed by atoms with van der Waals surface area (Å²) in [4.78, 5) is 24.2. The van der Waals surface area contributed by atoms with Crippen molar-refractivity contribution in [1.82, 2.24) is 5.16 Å². The van der Waals surface area contributed by atoms with Crippen molar-refractivity contribution in [2.45, 2.75) is 12.7 Å². The van der Waals surface area contributed by atoms with E-state index in [9.17, 15) is 9.59 Å². The van der Waals surface area contributed by atoms with Crippen LogP contribution in [0.15, 0.2) is 28.1 Å². The van der Waals surface area contributed by atoms with Gasteiger partial charge in [0.05, 0.1) is 5.75 Å². The zero-order chi connectivity index (χ0) is 15.1. The molecular weight excluding hydrogens is 312 g/mol. The zero-order valence-corrected chi connectivity index (χ0v) is 13.0. The lowest BCUT2D eigenvalue weighted by Gasteiger charge is -2.04. The molecule has 8 heteroatoms. The van der Waals surface area contributed by atoms with Crippen LogP contribution in [0.3, 0.4) is 0 Å². The SMILES string of the molecule is Cc1cc(NC(=O)COC(=O)CSCc2cccs2)no1. The van der Waals surface area contributed by atoms with Gasteiger partial charge in [0.2, 0.25) is 0 Å². The van der Waals surface area contributed by atoms with Crippen LogP contribution >= 0.6 is 23.1 Å². The number of aromatic nitrogens is 1. The molecular formula is C13H14N2O4S2. The largest absolute Gasteiger partial charge is 0.455 e. The highest BCUT2D eigenvalue weighted by atomic mass is 32.2. The molecule has 0 saturated heterocycles. The van der Waals surface area contributed by atoms with Crippen molar-refractivity contribution in [3.8, 4) is 0 Å². The summed E-state index contributed by atoms with van der Waals surface area (Å²) in [5, 5.41) is 8.07. The highest BCUT2D eigenvalue weighted by Crippen LogP contribution is 2.17. The number of ether oxygens (including phenoxy) is 1. The predicted molar refractivity (Wildman–Crippen MR) is 81.3 cm³/mol. The average molecular weight is 326 g/mol. The third-order valence-electron chi connectivity index (χ3n) is 2.30. The molecule has 2 aromatic rings. The van der Waals surface area contributed by atoms with Crippen molar-refractivity contribution < 1.29 is 18.8 Å². The highest BCUT2D eigenvalue weighted by Gasteiger charge is 2.10. The smallest absolute Gasteiger partial charge is 0.316 e. The topological polar surface area (TPSA) is 81.4 Å². The third kappa shape index (κ3) is 5.60. The van der Waals surface area contributed by atoms with Gasteiger partial charge in [-0.1, -0.05) is 11.2 Å². The van der Waals surface area contributed by atoms with Crippen LogP contribution in [0.4, 0.5) is 5.82 Å². The lowest BCUT2D eigenvalue weighted by atomic mass is 10.5. The van der Waals surface area contributed by atoms with Gasteiger partial charge in [0, 0.05) is 16.7 Å². The highest BCUT2D eigenvalue weighted by molar-refractivity contribution is 7.99. The van der Waals surface area contributed by atoms with Gasteiger partial charge in [-0.3, -0.25) is 9.59 Å². The number of rotatable bonds is 7. The first-order valence-corrected chi connectivity index (χ1v) is 8.16. The summed E-state index contributed by atoms with van der Waals surface area (Å²) in [6.45, 7) is 1.39. The van der Waals surface area contributed by atoms with E-state index in [1.165, 1.54) is 16.6 Å². The van der Waals surface area contributed by atoms with Crippen molar-refractivity contribution >= 4 is 40.8 Å².